The Kier molecular flexibility index (Phi) is 3.57. The van der Waals surface area contributed by atoms with E-state index >= 15 is 0 Å². The van der Waals surface area contributed by atoms with E-state index in [1.807, 2.05) is 30.3 Å². The summed E-state index contributed by atoms with van der Waals surface area (Å²) in [5.41, 5.74) is 2.95. The van der Waals surface area contributed by atoms with E-state index in [0.29, 0.717) is 5.58 Å². The molecule has 0 spiro atoms. The molecule has 1 aliphatic heterocycles. The summed E-state index contributed by atoms with van der Waals surface area (Å²) in [5.74, 6) is 1.59. The molecule has 25 heavy (non-hydrogen) atoms. The van der Waals surface area contributed by atoms with E-state index in [4.69, 9.17) is 13.9 Å². The van der Waals surface area contributed by atoms with Gasteiger partial charge >= 0.3 is 5.63 Å². The smallest absolute Gasteiger partial charge is 0.336 e. The molecule has 2 aromatic carbocycles. The van der Waals surface area contributed by atoms with Gasteiger partial charge in [0.2, 0.25) is 0 Å². The Morgan fingerprint density at radius 3 is 2.56 bits per heavy atom. The van der Waals surface area contributed by atoms with E-state index in [1.165, 1.54) is 0 Å². The number of benzene rings is 2. The van der Waals surface area contributed by atoms with Crippen LogP contribution in [-0.2, 0) is 6.42 Å². The molecule has 0 saturated heterocycles. The van der Waals surface area contributed by atoms with Gasteiger partial charge in [-0.2, -0.15) is 0 Å². The molecule has 0 fully saturated rings. The Morgan fingerprint density at radius 2 is 1.84 bits per heavy atom. The van der Waals surface area contributed by atoms with Crippen LogP contribution in [0.3, 0.4) is 0 Å². The van der Waals surface area contributed by atoms with Crippen molar-refractivity contribution in [1.82, 2.24) is 0 Å². The number of fused-ring (bicyclic) bond motifs is 2. The fourth-order valence-electron chi connectivity index (χ4n) is 3.32. The van der Waals surface area contributed by atoms with Gasteiger partial charge in [0.15, 0.2) is 0 Å². The van der Waals surface area contributed by atoms with Crippen molar-refractivity contribution >= 4 is 11.0 Å². The number of hydrogen-bond donors (Lipinski definition) is 0. The molecule has 0 atom stereocenters. The first-order valence-electron chi connectivity index (χ1n) is 8.39. The number of rotatable bonds is 2. The summed E-state index contributed by atoms with van der Waals surface area (Å²) in [6.45, 7) is 4.15. The van der Waals surface area contributed by atoms with E-state index in [2.05, 4.69) is 19.9 Å². The summed E-state index contributed by atoms with van der Waals surface area (Å²) in [7, 11) is 1.63. The van der Waals surface area contributed by atoms with Gasteiger partial charge in [-0.25, -0.2) is 4.79 Å². The zero-order chi connectivity index (χ0) is 17.6. The molecule has 0 bridgehead atoms. The first-order chi connectivity index (χ1) is 11.9. The molecule has 1 aromatic heterocycles. The van der Waals surface area contributed by atoms with E-state index in [-0.39, 0.29) is 11.2 Å². The summed E-state index contributed by atoms with van der Waals surface area (Å²) >= 11 is 0. The summed E-state index contributed by atoms with van der Waals surface area (Å²) in [5, 5.41) is 0.923. The van der Waals surface area contributed by atoms with Crippen LogP contribution < -0.4 is 15.1 Å². The Hall–Kier alpha value is -2.75. The molecule has 1 aliphatic rings. The van der Waals surface area contributed by atoms with Gasteiger partial charge in [-0.05, 0) is 61.6 Å². The second-order valence-corrected chi connectivity index (χ2v) is 7.03. The lowest BCUT2D eigenvalue weighted by Crippen LogP contribution is -2.32. The highest BCUT2D eigenvalue weighted by Crippen LogP contribution is 2.38. The molecule has 2 heterocycles. The Labute approximate surface area is 146 Å². The van der Waals surface area contributed by atoms with Crippen molar-refractivity contribution in [3.05, 3.63) is 58.4 Å². The zero-order valence-electron chi connectivity index (χ0n) is 14.6. The van der Waals surface area contributed by atoms with Gasteiger partial charge < -0.3 is 13.9 Å². The van der Waals surface area contributed by atoms with Crippen LogP contribution in [0.1, 0.15) is 25.8 Å². The van der Waals surface area contributed by atoms with Gasteiger partial charge in [-0.15, -0.1) is 0 Å². The number of aryl methyl sites for hydroxylation is 1. The van der Waals surface area contributed by atoms with Gasteiger partial charge in [0.25, 0.3) is 0 Å². The maximum absolute atomic E-state index is 12.1. The van der Waals surface area contributed by atoms with Crippen LogP contribution in [-0.4, -0.2) is 12.7 Å². The molecular weight excluding hydrogens is 316 g/mol. The Balaban J connectivity index is 1.91. The lowest BCUT2D eigenvalue weighted by Gasteiger charge is -2.32. The lowest BCUT2D eigenvalue weighted by molar-refractivity contribution is 0.0848. The lowest BCUT2D eigenvalue weighted by atomic mass is 9.92. The third-order valence-electron chi connectivity index (χ3n) is 4.71. The van der Waals surface area contributed by atoms with Gasteiger partial charge in [0, 0.05) is 17.5 Å². The molecule has 0 unspecified atom stereocenters. The van der Waals surface area contributed by atoms with E-state index < -0.39 is 0 Å². The summed E-state index contributed by atoms with van der Waals surface area (Å²) in [6, 6.07) is 13.2. The van der Waals surface area contributed by atoms with Crippen LogP contribution in [0.15, 0.2) is 51.7 Å². The number of hydrogen-bond acceptors (Lipinski definition) is 4. The monoisotopic (exact) mass is 336 g/mol. The van der Waals surface area contributed by atoms with Crippen molar-refractivity contribution in [3.63, 3.8) is 0 Å². The quantitative estimate of drug-likeness (QED) is 0.643. The molecular formula is C21H20O4. The Bertz CT molecular complexity index is 997. The summed E-state index contributed by atoms with van der Waals surface area (Å²) in [4.78, 5) is 12.1. The minimum absolute atomic E-state index is 0.200. The third-order valence-corrected chi connectivity index (χ3v) is 4.71. The van der Waals surface area contributed by atoms with Gasteiger partial charge in [-0.3, -0.25) is 0 Å². The fraction of sp³-hybridized carbons (Fsp3) is 0.286. The normalized spacial score (nSPS) is 15.5. The summed E-state index contributed by atoms with van der Waals surface area (Å²) in [6.07, 6.45) is 1.90. The van der Waals surface area contributed by atoms with Crippen LogP contribution in [0.4, 0.5) is 0 Å². The molecule has 3 aromatic rings. The maximum atomic E-state index is 12.1. The average molecular weight is 336 g/mol. The minimum Gasteiger partial charge on any atom is -0.497 e. The van der Waals surface area contributed by atoms with Crippen LogP contribution in [0.5, 0.6) is 11.5 Å². The fourth-order valence-corrected chi connectivity index (χ4v) is 3.32. The second kappa shape index (κ2) is 5.66. The van der Waals surface area contributed by atoms with E-state index in [1.54, 1.807) is 13.2 Å². The minimum atomic E-state index is -0.367. The van der Waals surface area contributed by atoms with Gasteiger partial charge in [0.1, 0.15) is 22.7 Å². The van der Waals surface area contributed by atoms with E-state index in [9.17, 15) is 4.79 Å². The summed E-state index contributed by atoms with van der Waals surface area (Å²) < 4.78 is 16.7. The highest BCUT2D eigenvalue weighted by molar-refractivity contribution is 5.94. The maximum Gasteiger partial charge on any atom is 0.336 e. The average Bonchev–Trinajstić information content (AvgIpc) is 2.59. The van der Waals surface area contributed by atoms with Gasteiger partial charge in [-0.1, -0.05) is 12.1 Å². The number of methoxy groups -OCH3 is 1. The van der Waals surface area contributed by atoms with Crippen LogP contribution in [0.25, 0.3) is 22.1 Å². The Morgan fingerprint density at radius 1 is 1.08 bits per heavy atom. The van der Waals surface area contributed by atoms with Crippen molar-refractivity contribution in [2.45, 2.75) is 32.3 Å². The predicted octanol–water partition coefficient (Wildman–Crippen LogP) is 4.57. The zero-order valence-corrected chi connectivity index (χ0v) is 14.6. The molecule has 4 heteroatoms. The van der Waals surface area contributed by atoms with Crippen molar-refractivity contribution in [2.24, 2.45) is 0 Å². The molecule has 0 aliphatic carbocycles. The second-order valence-electron chi connectivity index (χ2n) is 7.03. The van der Waals surface area contributed by atoms with Crippen LogP contribution in [0, 0.1) is 0 Å². The molecule has 0 radical (unpaired) electrons. The molecule has 4 rings (SSSR count). The molecule has 0 saturated carbocycles. The van der Waals surface area contributed by atoms with Crippen molar-refractivity contribution in [1.29, 1.82) is 0 Å². The third kappa shape index (κ3) is 2.88. The largest absolute Gasteiger partial charge is 0.497 e. The van der Waals surface area contributed by atoms with Crippen molar-refractivity contribution < 1.29 is 13.9 Å². The highest BCUT2D eigenvalue weighted by atomic mass is 16.5. The predicted molar refractivity (Wildman–Crippen MR) is 97.5 cm³/mol. The van der Waals surface area contributed by atoms with Gasteiger partial charge in [0.05, 0.1) is 7.11 Å². The molecule has 128 valence electrons. The van der Waals surface area contributed by atoms with Crippen LogP contribution >= 0.6 is 0 Å². The topological polar surface area (TPSA) is 48.7 Å². The van der Waals surface area contributed by atoms with Crippen LogP contribution in [0.2, 0.25) is 0 Å². The van der Waals surface area contributed by atoms with E-state index in [0.717, 1.165) is 46.4 Å². The van der Waals surface area contributed by atoms with Crippen molar-refractivity contribution in [3.8, 4) is 22.6 Å². The first kappa shape index (κ1) is 15.8. The molecule has 0 N–H and O–H groups in total. The van der Waals surface area contributed by atoms with Crippen molar-refractivity contribution in [2.75, 3.05) is 7.11 Å². The standard InChI is InChI=1S/C21H20O4/c1-21(2)9-8-14-10-17-16(13-4-6-15(23-3)7-5-13)11-20(22)24-19(17)12-18(14)25-21/h4-7,10-12H,8-9H2,1-3H3. The SMILES string of the molecule is COc1ccc(-c2cc(=O)oc3cc4c(cc23)CCC(C)(C)O4)cc1. The highest BCUT2D eigenvalue weighted by Gasteiger charge is 2.27. The number of ether oxygens (including phenoxy) is 2. The first-order valence-corrected chi connectivity index (χ1v) is 8.39. The molecule has 4 nitrogen and oxygen atoms in total. The molecule has 0 amide bonds.